The molecule has 0 saturated heterocycles. The highest BCUT2D eigenvalue weighted by Gasteiger charge is 2.12. The Balaban J connectivity index is 1.70. The van der Waals surface area contributed by atoms with Crippen LogP contribution in [0.4, 0.5) is 10.8 Å². The third-order valence-electron chi connectivity index (χ3n) is 3.47. The van der Waals surface area contributed by atoms with E-state index in [4.69, 9.17) is 11.6 Å². The standard InChI is InChI=1S/C15H11ClN6OS/c1-9-12(8-18-21(9)11-4-2-3-10(16)7-11)19-14-20-22-13(23)5-6-17-15(22)24-14/h2-8H,1H3,(H,19,20). The second-order valence-electron chi connectivity index (χ2n) is 5.04. The lowest BCUT2D eigenvalue weighted by Crippen LogP contribution is -2.12. The van der Waals surface area contributed by atoms with Crippen molar-refractivity contribution in [1.29, 1.82) is 0 Å². The quantitative estimate of drug-likeness (QED) is 0.609. The van der Waals surface area contributed by atoms with Crippen molar-refractivity contribution in [3.63, 3.8) is 0 Å². The van der Waals surface area contributed by atoms with Crippen LogP contribution in [-0.4, -0.2) is 24.4 Å². The molecule has 1 aromatic carbocycles. The van der Waals surface area contributed by atoms with Gasteiger partial charge in [0.15, 0.2) is 0 Å². The van der Waals surface area contributed by atoms with Gasteiger partial charge in [-0.3, -0.25) is 4.79 Å². The largest absolute Gasteiger partial charge is 0.327 e. The maximum atomic E-state index is 11.7. The average molecular weight is 359 g/mol. The van der Waals surface area contributed by atoms with Gasteiger partial charge in [0.25, 0.3) is 5.56 Å². The predicted octanol–water partition coefficient (Wildman–Crippen LogP) is 3.04. The molecule has 0 unspecified atom stereocenters. The molecule has 7 nitrogen and oxygen atoms in total. The first kappa shape index (κ1) is 14.9. The average Bonchev–Trinajstić information content (AvgIpc) is 3.13. The van der Waals surface area contributed by atoms with Crippen LogP contribution in [0.25, 0.3) is 10.6 Å². The Labute approximate surface area is 145 Å². The number of benzene rings is 1. The van der Waals surface area contributed by atoms with Gasteiger partial charge in [0.1, 0.15) is 0 Å². The van der Waals surface area contributed by atoms with E-state index in [1.54, 1.807) is 10.9 Å². The zero-order valence-corrected chi connectivity index (χ0v) is 14.0. The van der Waals surface area contributed by atoms with Crippen molar-refractivity contribution < 1.29 is 0 Å². The molecule has 0 aliphatic rings. The fourth-order valence-corrected chi connectivity index (χ4v) is 3.28. The molecular formula is C15H11ClN6OS. The molecule has 24 heavy (non-hydrogen) atoms. The fourth-order valence-electron chi connectivity index (χ4n) is 2.31. The lowest BCUT2D eigenvalue weighted by molar-refractivity contribution is 0.847. The Morgan fingerprint density at radius 2 is 2.17 bits per heavy atom. The molecule has 120 valence electrons. The Morgan fingerprint density at radius 1 is 1.29 bits per heavy atom. The maximum absolute atomic E-state index is 11.7. The van der Waals surface area contributed by atoms with Gasteiger partial charge < -0.3 is 5.32 Å². The monoisotopic (exact) mass is 358 g/mol. The predicted molar refractivity (Wildman–Crippen MR) is 93.7 cm³/mol. The summed E-state index contributed by atoms with van der Waals surface area (Å²) in [4.78, 5) is 16.4. The Hall–Kier alpha value is -2.71. The summed E-state index contributed by atoms with van der Waals surface area (Å²) in [6, 6.07) is 8.83. The van der Waals surface area contributed by atoms with Crippen LogP contribution >= 0.6 is 22.9 Å². The molecule has 0 amide bonds. The van der Waals surface area contributed by atoms with Crippen LogP contribution < -0.4 is 10.9 Å². The van der Waals surface area contributed by atoms with Crippen LogP contribution in [0, 0.1) is 6.92 Å². The van der Waals surface area contributed by atoms with Crippen molar-refractivity contribution in [2.45, 2.75) is 6.92 Å². The topological polar surface area (TPSA) is 77.1 Å². The van der Waals surface area contributed by atoms with Crippen molar-refractivity contribution in [3.05, 3.63) is 63.8 Å². The first-order valence-electron chi connectivity index (χ1n) is 7.04. The van der Waals surface area contributed by atoms with Gasteiger partial charge >= 0.3 is 0 Å². The van der Waals surface area contributed by atoms with Crippen LogP contribution in [-0.2, 0) is 0 Å². The molecule has 3 aromatic heterocycles. The summed E-state index contributed by atoms with van der Waals surface area (Å²) in [5.74, 6) is 0. The second-order valence-corrected chi connectivity index (χ2v) is 6.44. The number of hydrogen-bond acceptors (Lipinski definition) is 6. The third-order valence-corrected chi connectivity index (χ3v) is 4.55. The van der Waals surface area contributed by atoms with E-state index in [-0.39, 0.29) is 5.56 Å². The van der Waals surface area contributed by atoms with Gasteiger partial charge in [0.2, 0.25) is 10.1 Å². The van der Waals surface area contributed by atoms with E-state index >= 15 is 0 Å². The molecule has 1 N–H and O–H groups in total. The minimum absolute atomic E-state index is 0.212. The summed E-state index contributed by atoms with van der Waals surface area (Å²) in [6.07, 6.45) is 3.18. The Morgan fingerprint density at radius 3 is 2.96 bits per heavy atom. The Kier molecular flexibility index (Phi) is 3.55. The van der Waals surface area contributed by atoms with E-state index in [0.29, 0.717) is 15.1 Å². The van der Waals surface area contributed by atoms with E-state index in [9.17, 15) is 4.79 Å². The highest BCUT2D eigenvalue weighted by molar-refractivity contribution is 7.20. The van der Waals surface area contributed by atoms with Gasteiger partial charge in [0.05, 0.1) is 23.3 Å². The molecule has 0 saturated carbocycles. The van der Waals surface area contributed by atoms with E-state index in [1.807, 2.05) is 31.2 Å². The van der Waals surface area contributed by atoms with Gasteiger partial charge in [-0.25, -0.2) is 9.67 Å². The third kappa shape index (κ3) is 2.55. The molecule has 0 atom stereocenters. The van der Waals surface area contributed by atoms with Gasteiger partial charge in [-0.2, -0.15) is 9.61 Å². The molecule has 4 rings (SSSR count). The van der Waals surface area contributed by atoms with E-state index in [2.05, 4.69) is 20.5 Å². The molecular weight excluding hydrogens is 348 g/mol. The number of hydrogen-bond donors (Lipinski definition) is 1. The van der Waals surface area contributed by atoms with E-state index < -0.39 is 0 Å². The maximum Gasteiger partial charge on any atom is 0.275 e. The van der Waals surface area contributed by atoms with E-state index in [1.165, 1.54) is 28.1 Å². The zero-order chi connectivity index (χ0) is 16.7. The SMILES string of the molecule is Cc1c(Nc2nn3c(=O)ccnc3s2)cnn1-c1cccc(Cl)c1. The van der Waals surface area contributed by atoms with Crippen molar-refractivity contribution in [2.75, 3.05) is 5.32 Å². The summed E-state index contributed by atoms with van der Waals surface area (Å²) >= 11 is 7.33. The van der Waals surface area contributed by atoms with Crippen LogP contribution in [0.15, 0.2) is 47.5 Å². The van der Waals surface area contributed by atoms with Crippen LogP contribution in [0.1, 0.15) is 5.69 Å². The number of rotatable bonds is 3. The molecule has 4 aromatic rings. The molecule has 0 fully saturated rings. The lowest BCUT2D eigenvalue weighted by Gasteiger charge is -2.06. The Bertz CT molecular complexity index is 1100. The number of nitrogens with one attached hydrogen (secondary N) is 1. The molecule has 0 aliphatic heterocycles. The number of aromatic nitrogens is 5. The summed E-state index contributed by atoms with van der Waals surface area (Å²) in [5.41, 5.74) is 2.35. The molecule has 0 spiro atoms. The van der Waals surface area contributed by atoms with Crippen LogP contribution in [0.2, 0.25) is 5.02 Å². The van der Waals surface area contributed by atoms with Gasteiger partial charge in [0, 0.05) is 17.3 Å². The molecule has 0 bridgehead atoms. The van der Waals surface area contributed by atoms with Crippen molar-refractivity contribution in [1.82, 2.24) is 24.4 Å². The van der Waals surface area contributed by atoms with Crippen LogP contribution in [0.5, 0.6) is 0 Å². The second kappa shape index (κ2) is 5.73. The van der Waals surface area contributed by atoms with Gasteiger partial charge in [-0.05, 0) is 25.1 Å². The minimum atomic E-state index is -0.212. The molecule has 0 radical (unpaired) electrons. The number of fused-ring (bicyclic) bond motifs is 1. The van der Waals surface area contributed by atoms with Gasteiger partial charge in [-0.1, -0.05) is 29.0 Å². The van der Waals surface area contributed by atoms with Gasteiger partial charge in [-0.15, -0.1) is 5.10 Å². The first-order chi connectivity index (χ1) is 11.6. The first-order valence-corrected chi connectivity index (χ1v) is 8.24. The normalized spacial score (nSPS) is 11.1. The molecule has 0 aliphatic carbocycles. The molecule has 9 heteroatoms. The fraction of sp³-hybridized carbons (Fsp3) is 0.0667. The smallest absolute Gasteiger partial charge is 0.275 e. The van der Waals surface area contributed by atoms with Crippen molar-refractivity contribution in [3.8, 4) is 5.69 Å². The van der Waals surface area contributed by atoms with Crippen molar-refractivity contribution in [2.24, 2.45) is 0 Å². The zero-order valence-electron chi connectivity index (χ0n) is 12.5. The number of anilines is 2. The highest BCUT2D eigenvalue weighted by atomic mass is 35.5. The number of nitrogens with zero attached hydrogens (tertiary/aromatic N) is 5. The summed E-state index contributed by atoms with van der Waals surface area (Å²) in [6.45, 7) is 1.94. The summed E-state index contributed by atoms with van der Waals surface area (Å²) in [7, 11) is 0. The number of halogens is 1. The lowest BCUT2D eigenvalue weighted by atomic mass is 10.3. The minimum Gasteiger partial charge on any atom is -0.327 e. The molecule has 3 heterocycles. The van der Waals surface area contributed by atoms with E-state index in [0.717, 1.165) is 17.1 Å². The van der Waals surface area contributed by atoms with Crippen LogP contribution in [0.3, 0.4) is 0 Å². The highest BCUT2D eigenvalue weighted by Crippen LogP contribution is 2.25. The summed E-state index contributed by atoms with van der Waals surface area (Å²) in [5, 5.41) is 13.0. The summed E-state index contributed by atoms with van der Waals surface area (Å²) < 4.78 is 3.05. The van der Waals surface area contributed by atoms with Crippen molar-refractivity contribution >= 4 is 38.7 Å².